The number of nitrogens with one attached hydrogen (secondary N) is 2. The fourth-order valence-electron chi connectivity index (χ4n) is 1.63. The molecule has 2 rings (SSSR count). The highest BCUT2D eigenvalue weighted by atomic mass is 35.5. The zero-order valence-electron chi connectivity index (χ0n) is 11.1. The first-order valence-corrected chi connectivity index (χ1v) is 6.67. The van der Waals surface area contributed by atoms with E-state index >= 15 is 0 Å². The van der Waals surface area contributed by atoms with E-state index in [1.807, 2.05) is 31.2 Å². The Morgan fingerprint density at radius 2 is 2.11 bits per heavy atom. The van der Waals surface area contributed by atoms with Crippen LogP contribution in [0.2, 0.25) is 5.02 Å². The third-order valence-corrected chi connectivity index (χ3v) is 3.13. The van der Waals surface area contributed by atoms with Crippen LogP contribution in [0.4, 0.5) is 17.5 Å². The maximum absolute atomic E-state index is 6.09. The zero-order valence-corrected chi connectivity index (χ0v) is 11.8. The normalized spacial score (nSPS) is 10.3. The van der Waals surface area contributed by atoms with E-state index in [0.717, 1.165) is 35.1 Å². The summed E-state index contributed by atoms with van der Waals surface area (Å²) in [6.45, 7) is 4.94. The fourth-order valence-corrected chi connectivity index (χ4v) is 1.81. The van der Waals surface area contributed by atoms with Gasteiger partial charge in [-0.25, -0.2) is 4.98 Å². The highest BCUT2D eigenvalue weighted by Gasteiger charge is 2.04. The van der Waals surface area contributed by atoms with Gasteiger partial charge in [-0.3, -0.25) is 0 Å². The molecule has 5 heteroatoms. The number of benzene rings is 1. The van der Waals surface area contributed by atoms with Gasteiger partial charge in [0.05, 0.1) is 0 Å². The van der Waals surface area contributed by atoms with E-state index in [1.54, 1.807) is 6.20 Å². The van der Waals surface area contributed by atoms with Crippen molar-refractivity contribution in [3.05, 3.63) is 41.0 Å². The summed E-state index contributed by atoms with van der Waals surface area (Å²) in [5, 5.41) is 7.15. The van der Waals surface area contributed by atoms with Crippen LogP contribution in [0.25, 0.3) is 0 Å². The van der Waals surface area contributed by atoms with Gasteiger partial charge in [-0.1, -0.05) is 24.6 Å². The molecule has 2 aromatic rings. The van der Waals surface area contributed by atoms with Crippen LogP contribution in [0.1, 0.15) is 18.9 Å². The van der Waals surface area contributed by atoms with Crippen molar-refractivity contribution in [2.75, 3.05) is 17.2 Å². The summed E-state index contributed by atoms with van der Waals surface area (Å²) < 4.78 is 0. The Morgan fingerprint density at radius 3 is 2.89 bits per heavy atom. The number of aromatic nitrogens is 2. The van der Waals surface area contributed by atoms with Crippen molar-refractivity contribution in [2.24, 2.45) is 0 Å². The highest BCUT2D eigenvalue weighted by Crippen LogP contribution is 2.25. The molecule has 2 N–H and O–H groups in total. The Balaban J connectivity index is 2.16. The van der Waals surface area contributed by atoms with Gasteiger partial charge in [0.15, 0.2) is 0 Å². The second kappa shape index (κ2) is 6.38. The van der Waals surface area contributed by atoms with Crippen LogP contribution in [-0.2, 0) is 0 Å². The predicted molar refractivity (Wildman–Crippen MR) is 80.3 cm³/mol. The van der Waals surface area contributed by atoms with E-state index < -0.39 is 0 Å². The zero-order chi connectivity index (χ0) is 13.7. The molecule has 0 spiro atoms. The number of hydrogen-bond donors (Lipinski definition) is 2. The van der Waals surface area contributed by atoms with Crippen LogP contribution in [0.3, 0.4) is 0 Å². The second-order valence-electron chi connectivity index (χ2n) is 4.23. The molecular formula is C14H17ClN4. The molecule has 19 heavy (non-hydrogen) atoms. The molecule has 0 bridgehead atoms. The molecule has 0 amide bonds. The average molecular weight is 277 g/mol. The lowest BCUT2D eigenvalue weighted by Crippen LogP contribution is -2.05. The number of halogens is 1. The SMILES string of the molecule is CCCNc1nccc(Nc2cccc(Cl)c2C)n1. The van der Waals surface area contributed by atoms with Gasteiger partial charge < -0.3 is 10.6 Å². The monoisotopic (exact) mass is 276 g/mol. The number of hydrogen-bond acceptors (Lipinski definition) is 4. The molecular weight excluding hydrogens is 260 g/mol. The fraction of sp³-hybridized carbons (Fsp3) is 0.286. The molecule has 1 heterocycles. The van der Waals surface area contributed by atoms with Crippen molar-refractivity contribution in [2.45, 2.75) is 20.3 Å². The topological polar surface area (TPSA) is 49.8 Å². The molecule has 0 atom stereocenters. The van der Waals surface area contributed by atoms with Crippen molar-refractivity contribution >= 4 is 29.1 Å². The maximum atomic E-state index is 6.09. The summed E-state index contributed by atoms with van der Waals surface area (Å²) in [5.41, 5.74) is 1.96. The van der Waals surface area contributed by atoms with E-state index in [1.165, 1.54) is 0 Å². The summed E-state index contributed by atoms with van der Waals surface area (Å²) in [6.07, 6.45) is 2.77. The third-order valence-electron chi connectivity index (χ3n) is 2.72. The van der Waals surface area contributed by atoms with E-state index in [2.05, 4.69) is 27.5 Å². The third kappa shape index (κ3) is 3.58. The smallest absolute Gasteiger partial charge is 0.224 e. The molecule has 0 fully saturated rings. The average Bonchev–Trinajstić information content (AvgIpc) is 2.42. The molecule has 1 aromatic carbocycles. The molecule has 0 aliphatic heterocycles. The van der Waals surface area contributed by atoms with Gasteiger partial charge in [-0.2, -0.15) is 4.98 Å². The predicted octanol–water partition coefficient (Wildman–Crippen LogP) is 4.00. The van der Waals surface area contributed by atoms with Crippen LogP contribution >= 0.6 is 11.6 Å². The first kappa shape index (κ1) is 13.6. The second-order valence-corrected chi connectivity index (χ2v) is 4.64. The number of nitrogens with zero attached hydrogens (tertiary/aromatic N) is 2. The van der Waals surface area contributed by atoms with Gasteiger partial charge in [-0.15, -0.1) is 0 Å². The molecule has 0 unspecified atom stereocenters. The molecule has 100 valence electrons. The number of rotatable bonds is 5. The minimum absolute atomic E-state index is 0.631. The first-order chi connectivity index (χ1) is 9.20. The minimum Gasteiger partial charge on any atom is -0.354 e. The lowest BCUT2D eigenvalue weighted by molar-refractivity contribution is 0.953. The summed E-state index contributed by atoms with van der Waals surface area (Å²) >= 11 is 6.09. The maximum Gasteiger partial charge on any atom is 0.224 e. The van der Waals surface area contributed by atoms with E-state index in [0.29, 0.717) is 5.95 Å². The lowest BCUT2D eigenvalue weighted by atomic mass is 10.2. The van der Waals surface area contributed by atoms with Crippen LogP contribution in [0.5, 0.6) is 0 Å². The minimum atomic E-state index is 0.631. The van der Waals surface area contributed by atoms with Gasteiger partial charge in [0, 0.05) is 23.5 Å². The van der Waals surface area contributed by atoms with Gasteiger partial charge in [-0.05, 0) is 37.1 Å². The highest BCUT2D eigenvalue weighted by molar-refractivity contribution is 6.31. The van der Waals surface area contributed by atoms with Gasteiger partial charge in [0.1, 0.15) is 5.82 Å². The van der Waals surface area contributed by atoms with Crippen molar-refractivity contribution in [3.8, 4) is 0 Å². The van der Waals surface area contributed by atoms with Crippen LogP contribution in [0.15, 0.2) is 30.5 Å². The Kier molecular flexibility index (Phi) is 4.58. The molecule has 0 aliphatic carbocycles. The Hall–Kier alpha value is -1.81. The van der Waals surface area contributed by atoms with Crippen LogP contribution in [0, 0.1) is 6.92 Å². The Labute approximate surface area is 118 Å². The quantitative estimate of drug-likeness (QED) is 0.866. The van der Waals surface area contributed by atoms with Crippen LogP contribution in [-0.4, -0.2) is 16.5 Å². The summed E-state index contributed by atoms with van der Waals surface area (Å²) in [4.78, 5) is 8.57. The molecule has 0 aliphatic rings. The first-order valence-electron chi connectivity index (χ1n) is 6.29. The molecule has 0 saturated carbocycles. The van der Waals surface area contributed by atoms with Gasteiger partial charge in [0.2, 0.25) is 5.95 Å². The van der Waals surface area contributed by atoms with Crippen LogP contribution < -0.4 is 10.6 Å². The van der Waals surface area contributed by atoms with Gasteiger partial charge in [0.25, 0.3) is 0 Å². The Morgan fingerprint density at radius 1 is 1.26 bits per heavy atom. The molecule has 0 radical (unpaired) electrons. The Bertz CT molecular complexity index is 557. The summed E-state index contributed by atoms with van der Waals surface area (Å²) in [6, 6.07) is 7.59. The van der Waals surface area contributed by atoms with Gasteiger partial charge >= 0.3 is 0 Å². The van der Waals surface area contributed by atoms with Crippen molar-refractivity contribution in [3.63, 3.8) is 0 Å². The summed E-state index contributed by atoms with van der Waals surface area (Å²) in [7, 11) is 0. The molecule has 4 nitrogen and oxygen atoms in total. The van der Waals surface area contributed by atoms with Crippen molar-refractivity contribution < 1.29 is 0 Å². The largest absolute Gasteiger partial charge is 0.354 e. The molecule has 1 aromatic heterocycles. The molecule has 0 saturated heterocycles. The van der Waals surface area contributed by atoms with Crippen molar-refractivity contribution in [1.29, 1.82) is 0 Å². The van der Waals surface area contributed by atoms with E-state index in [4.69, 9.17) is 11.6 Å². The lowest BCUT2D eigenvalue weighted by Gasteiger charge is -2.10. The van der Waals surface area contributed by atoms with E-state index in [-0.39, 0.29) is 0 Å². The van der Waals surface area contributed by atoms with Crippen molar-refractivity contribution in [1.82, 2.24) is 9.97 Å². The number of anilines is 3. The standard InChI is InChI=1S/C14H17ClN4/c1-3-8-16-14-17-9-7-13(19-14)18-12-6-4-5-11(15)10(12)2/h4-7,9H,3,8H2,1-2H3,(H2,16,17,18,19). The van der Waals surface area contributed by atoms with E-state index in [9.17, 15) is 0 Å². The summed E-state index contributed by atoms with van der Waals surface area (Å²) in [5.74, 6) is 1.38.